The second-order valence-corrected chi connectivity index (χ2v) is 5.05. The van der Waals surface area contributed by atoms with E-state index in [1.807, 2.05) is 0 Å². The fraction of sp³-hybridized carbons (Fsp3) is 0.750. The van der Waals surface area contributed by atoms with Gasteiger partial charge in [0, 0.05) is 13.1 Å². The minimum atomic E-state index is -0.943. The molecule has 0 aromatic rings. The van der Waals surface area contributed by atoms with Gasteiger partial charge < -0.3 is 20.1 Å². The van der Waals surface area contributed by atoms with Crippen LogP contribution in [0, 0.1) is 5.41 Å². The summed E-state index contributed by atoms with van der Waals surface area (Å²) in [5.41, 5.74) is -0.943. The highest BCUT2D eigenvalue weighted by Crippen LogP contribution is 2.38. The van der Waals surface area contributed by atoms with Gasteiger partial charge in [-0.3, -0.25) is 9.59 Å². The molecule has 1 aliphatic rings. The summed E-state index contributed by atoms with van der Waals surface area (Å²) in [6, 6.07) is -0.887. The molecule has 0 bridgehead atoms. The lowest BCUT2D eigenvalue weighted by molar-refractivity contribution is -0.148. The third-order valence-electron chi connectivity index (χ3n) is 3.68. The molecule has 1 fully saturated rings. The summed E-state index contributed by atoms with van der Waals surface area (Å²) in [6.07, 6.45) is 1.92. The van der Waals surface area contributed by atoms with Gasteiger partial charge in [0.15, 0.2) is 0 Å². The number of esters is 1. The molecular formula is C12H20N2O5. The van der Waals surface area contributed by atoms with Gasteiger partial charge in [-0.15, -0.1) is 0 Å². The van der Waals surface area contributed by atoms with Gasteiger partial charge in [0.25, 0.3) is 0 Å². The lowest BCUT2D eigenvalue weighted by Crippen LogP contribution is -2.51. The van der Waals surface area contributed by atoms with Crippen molar-refractivity contribution in [3.05, 3.63) is 0 Å². The summed E-state index contributed by atoms with van der Waals surface area (Å²) >= 11 is 0. The van der Waals surface area contributed by atoms with E-state index in [1.165, 1.54) is 19.1 Å². The molecule has 7 nitrogen and oxygen atoms in total. The first-order chi connectivity index (χ1) is 8.81. The molecule has 0 heterocycles. The Balaban J connectivity index is 2.61. The largest absolute Gasteiger partial charge is 0.481 e. The SMILES string of the molecule is COC(=O)CN(C)C(=O)NC1CCCC1(C)C(=O)O. The Morgan fingerprint density at radius 3 is 2.63 bits per heavy atom. The summed E-state index contributed by atoms with van der Waals surface area (Å²) in [5.74, 6) is -1.43. The maximum atomic E-state index is 11.9. The Hall–Kier alpha value is -1.79. The predicted octanol–water partition coefficient (Wildman–Crippen LogP) is 0.444. The van der Waals surface area contributed by atoms with E-state index in [1.54, 1.807) is 6.92 Å². The number of hydrogen-bond donors (Lipinski definition) is 2. The first kappa shape index (κ1) is 15.3. The second-order valence-electron chi connectivity index (χ2n) is 5.05. The molecule has 1 saturated carbocycles. The normalized spacial score (nSPS) is 25.7. The summed E-state index contributed by atoms with van der Waals surface area (Å²) in [6.45, 7) is 1.46. The van der Waals surface area contributed by atoms with E-state index >= 15 is 0 Å². The number of ether oxygens (including phenoxy) is 1. The zero-order valence-corrected chi connectivity index (χ0v) is 11.4. The van der Waals surface area contributed by atoms with E-state index in [-0.39, 0.29) is 6.54 Å². The molecule has 108 valence electrons. The van der Waals surface area contributed by atoms with Crippen LogP contribution < -0.4 is 5.32 Å². The molecule has 2 atom stereocenters. The van der Waals surface area contributed by atoms with Crippen molar-refractivity contribution in [2.24, 2.45) is 5.41 Å². The number of nitrogens with one attached hydrogen (secondary N) is 1. The van der Waals surface area contributed by atoms with Crippen molar-refractivity contribution in [3.63, 3.8) is 0 Å². The number of rotatable bonds is 4. The molecule has 1 aliphatic carbocycles. The van der Waals surface area contributed by atoms with Crippen LogP contribution in [0.15, 0.2) is 0 Å². The number of carboxylic acids is 1. The molecule has 0 aliphatic heterocycles. The molecule has 0 aromatic carbocycles. The number of carbonyl (C=O) groups is 3. The van der Waals surface area contributed by atoms with Crippen molar-refractivity contribution >= 4 is 18.0 Å². The van der Waals surface area contributed by atoms with Gasteiger partial charge in [-0.05, 0) is 19.8 Å². The molecule has 0 spiro atoms. The van der Waals surface area contributed by atoms with E-state index in [9.17, 15) is 19.5 Å². The van der Waals surface area contributed by atoms with E-state index in [4.69, 9.17) is 0 Å². The van der Waals surface area contributed by atoms with Gasteiger partial charge in [0.2, 0.25) is 0 Å². The summed E-state index contributed by atoms with van der Waals surface area (Å²) < 4.78 is 4.47. The Kier molecular flexibility index (Phi) is 4.74. The van der Waals surface area contributed by atoms with E-state index in [2.05, 4.69) is 10.1 Å². The lowest BCUT2D eigenvalue weighted by Gasteiger charge is -2.29. The minimum absolute atomic E-state index is 0.168. The zero-order chi connectivity index (χ0) is 14.6. The van der Waals surface area contributed by atoms with Crippen LogP contribution >= 0.6 is 0 Å². The number of carboxylic acid groups (broad SMARTS) is 1. The Bertz CT molecular complexity index is 384. The molecule has 0 aromatic heterocycles. The van der Waals surface area contributed by atoms with Gasteiger partial charge >= 0.3 is 18.0 Å². The third kappa shape index (κ3) is 3.36. The second kappa shape index (κ2) is 5.90. The monoisotopic (exact) mass is 272 g/mol. The van der Waals surface area contributed by atoms with E-state index < -0.39 is 29.4 Å². The number of aliphatic carboxylic acids is 1. The molecule has 2 unspecified atom stereocenters. The highest BCUT2D eigenvalue weighted by atomic mass is 16.5. The van der Waals surface area contributed by atoms with Crippen molar-refractivity contribution < 1.29 is 24.2 Å². The highest BCUT2D eigenvalue weighted by Gasteiger charge is 2.46. The lowest BCUT2D eigenvalue weighted by atomic mass is 9.85. The first-order valence-electron chi connectivity index (χ1n) is 6.13. The predicted molar refractivity (Wildman–Crippen MR) is 66.6 cm³/mol. The van der Waals surface area contributed by atoms with Gasteiger partial charge in [-0.25, -0.2) is 4.79 Å². The Labute approximate surface area is 111 Å². The van der Waals surface area contributed by atoms with Crippen LogP contribution in [0.25, 0.3) is 0 Å². The number of carbonyl (C=O) groups excluding carboxylic acids is 2. The van der Waals surface area contributed by atoms with Gasteiger partial charge in [-0.2, -0.15) is 0 Å². The molecule has 2 N–H and O–H groups in total. The number of methoxy groups -OCH3 is 1. The first-order valence-corrected chi connectivity index (χ1v) is 6.13. The van der Waals surface area contributed by atoms with Crippen LogP contribution in [0.3, 0.4) is 0 Å². The average Bonchev–Trinajstić information content (AvgIpc) is 2.72. The van der Waals surface area contributed by atoms with Crippen molar-refractivity contribution in [3.8, 4) is 0 Å². The van der Waals surface area contributed by atoms with E-state index in [0.717, 1.165) is 6.42 Å². The molecule has 7 heteroatoms. The highest BCUT2D eigenvalue weighted by molar-refractivity contribution is 5.82. The van der Waals surface area contributed by atoms with Crippen LogP contribution in [0.1, 0.15) is 26.2 Å². The molecule has 1 rings (SSSR count). The molecular weight excluding hydrogens is 252 g/mol. The zero-order valence-electron chi connectivity index (χ0n) is 11.4. The summed E-state index contributed by atoms with van der Waals surface area (Å²) in [4.78, 5) is 35.4. The van der Waals surface area contributed by atoms with Crippen molar-refractivity contribution in [1.29, 1.82) is 0 Å². The minimum Gasteiger partial charge on any atom is -0.481 e. The standard InChI is InChI=1S/C12H20N2O5/c1-12(10(16)17)6-4-5-8(12)13-11(18)14(2)7-9(15)19-3/h8H,4-7H2,1-3H3,(H,13,18)(H,16,17). The van der Waals surface area contributed by atoms with Crippen LogP contribution in [0.2, 0.25) is 0 Å². The van der Waals surface area contributed by atoms with Gasteiger partial charge in [0.05, 0.1) is 12.5 Å². The van der Waals surface area contributed by atoms with Gasteiger partial charge in [0.1, 0.15) is 6.54 Å². The molecule has 19 heavy (non-hydrogen) atoms. The van der Waals surface area contributed by atoms with Crippen LogP contribution in [0.4, 0.5) is 4.79 Å². The van der Waals surface area contributed by atoms with E-state index in [0.29, 0.717) is 12.8 Å². The third-order valence-corrected chi connectivity index (χ3v) is 3.68. The molecule has 2 amide bonds. The number of likely N-dealkylation sites (N-methyl/N-ethyl adjacent to an activating group) is 1. The smallest absolute Gasteiger partial charge is 0.325 e. The van der Waals surface area contributed by atoms with Gasteiger partial charge in [-0.1, -0.05) is 6.42 Å². The number of nitrogens with zero attached hydrogens (tertiary/aromatic N) is 1. The maximum absolute atomic E-state index is 11.9. The van der Waals surface area contributed by atoms with Crippen LogP contribution in [-0.2, 0) is 14.3 Å². The topological polar surface area (TPSA) is 95.9 Å². The summed E-state index contributed by atoms with van der Waals surface area (Å²) in [5, 5.41) is 11.9. The maximum Gasteiger partial charge on any atom is 0.325 e. The van der Waals surface area contributed by atoms with Crippen molar-refractivity contribution in [1.82, 2.24) is 10.2 Å². The van der Waals surface area contributed by atoms with Crippen LogP contribution in [0.5, 0.6) is 0 Å². The number of hydrogen-bond acceptors (Lipinski definition) is 4. The Morgan fingerprint density at radius 1 is 1.47 bits per heavy atom. The molecule has 0 saturated heterocycles. The molecule has 0 radical (unpaired) electrons. The number of urea groups is 1. The van der Waals surface area contributed by atoms with Crippen molar-refractivity contribution in [2.75, 3.05) is 20.7 Å². The fourth-order valence-corrected chi connectivity index (χ4v) is 2.24. The summed E-state index contributed by atoms with van der Waals surface area (Å²) in [7, 11) is 2.70. The quantitative estimate of drug-likeness (QED) is 0.724. The van der Waals surface area contributed by atoms with Crippen LogP contribution in [-0.4, -0.2) is 54.7 Å². The fourth-order valence-electron chi connectivity index (χ4n) is 2.24. The number of amides is 2. The average molecular weight is 272 g/mol. The van der Waals surface area contributed by atoms with Crippen molar-refractivity contribution in [2.45, 2.75) is 32.2 Å². The Morgan fingerprint density at radius 2 is 2.11 bits per heavy atom.